The molecule has 1 aliphatic rings. The first kappa shape index (κ1) is 27.0. The van der Waals surface area contributed by atoms with Crippen LogP contribution in [0.25, 0.3) is 48.8 Å². The molecule has 6 aromatic rings. The third-order valence-corrected chi connectivity index (χ3v) is 7.80. The standard InChI is InChI=1S/C31H23N.C9H11N/c32-31(30-20-22-10-2-4-12-25(22)28-15-7-8-16-29(28)30)18-17-23-19-21-9-1-3-11-24(21)27-14-6-5-13-26(23)27;1-3-4-5-8(2)9-6-7-10-9/h1-16,18-20H,17,32H2;4-7H,2-3H2,1H3/b31-18-;5-4-. The quantitative estimate of drug-likeness (QED) is 0.165. The van der Waals surface area contributed by atoms with Crippen LogP contribution in [0.15, 0.2) is 156 Å². The lowest BCUT2D eigenvalue weighted by atomic mass is 9.93. The maximum absolute atomic E-state index is 6.72. The fourth-order valence-electron chi connectivity index (χ4n) is 5.61. The summed E-state index contributed by atoms with van der Waals surface area (Å²) in [5.74, 6) is 0. The molecule has 0 atom stereocenters. The molecule has 204 valence electrons. The van der Waals surface area contributed by atoms with Crippen molar-refractivity contribution in [3.05, 3.63) is 162 Å². The van der Waals surface area contributed by atoms with Crippen molar-refractivity contribution in [2.24, 2.45) is 10.7 Å². The van der Waals surface area contributed by atoms with E-state index in [-0.39, 0.29) is 0 Å². The highest BCUT2D eigenvalue weighted by Gasteiger charge is 2.10. The van der Waals surface area contributed by atoms with Crippen molar-refractivity contribution in [3.8, 4) is 0 Å². The zero-order valence-electron chi connectivity index (χ0n) is 23.9. The van der Waals surface area contributed by atoms with E-state index in [0.29, 0.717) is 0 Å². The first-order valence-electron chi connectivity index (χ1n) is 14.5. The van der Waals surface area contributed by atoms with Crippen LogP contribution in [-0.2, 0) is 6.42 Å². The van der Waals surface area contributed by atoms with Gasteiger partial charge < -0.3 is 5.73 Å². The van der Waals surface area contributed by atoms with E-state index in [1.54, 1.807) is 6.21 Å². The summed E-state index contributed by atoms with van der Waals surface area (Å²) in [7, 11) is 0. The Morgan fingerprint density at radius 1 is 0.714 bits per heavy atom. The lowest BCUT2D eigenvalue weighted by molar-refractivity contribution is 1.21. The fraction of sp³-hybridized carbons (Fsp3) is 0.0750. The smallest absolute Gasteiger partial charge is 0.0711 e. The van der Waals surface area contributed by atoms with Crippen LogP contribution >= 0.6 is 0 Å². The van der Waals surface area contributed by atoms with Gasteiger partial charge in [-0.05, 0) is 79.2 Å². The van der Waals surface area contributed by atoms with Gasteiger partial charge in [-0.15, -0.1) is 0 Å². The highest BCUT2D eigenvalue weighted by Crippen LogP contribution is 2.32. The maximum Gasteiger partial charge on any atom is 0.0711 e. The molecule has 0 radical (unpaired) electrons. The van der Waals surface area contributed by atoms with Gasteiger partial charge in [0.1, 0.15) is 0 Å². The van der Waals surface area contributed by atoms with Crippen LogP contribution in [0.5, 0.6) is 0 Å². The topological polar surface area (TPSA) is 38.4 Å². The summed E-state index contributed by atoms with van der Waals surface area (Å²) in [5, 5.41) is 10.1. The first-order chi connectivity index (χ1) is 20.6. The molecule has 0 aromatic heterocycles. The molecule has 0 fully saturated rings. The average molecular weight is 543 g/mol. The van der Waals surface area contributed by atoms with Crippen molar-refractivity contribution in [2.45, 2.75) is 19.8 Å². The highest BCUT2D eigenvalue weighted by molar-refractivity contribution is 6.12. The largest absolute Gasteiger partial charge is 0.398 e. The van der Waals surface area contributed by atoms with Gasteiger partial charge in [-0.25, -0.2) is 0 Å². The van der Waals surface area contributed by atoms with E-state index in [2.05, 4.69) is 140 Å². The molecule has 1 heterocycles. The third kappa shape index (κ3) is 5.40. The summed E-state index contributed by atoms with van der Waals surface area (Å²) >= 11 is 0. The Kier molecular flexibility index (Phi) is 7.79. The molecule has 0 amide bonds. The van der Waals surface area contributed by atoms with Gasteiger partial charge in [-0.3, -0.25) is 4.99 Å². The molecule has 2 nitrogen and oxygen atoms in total. The number of nitrogens with zero attached hydrogens (tertiary/aromatic N) is 1. The minimum atomic E-state index is 0.790. The van der Waals surface area contributed by atoms with Gasteiger partial charge in [0, 0.05) is 17.5 Å². The average Bonchev–Trinajstić information content (AvgIpc) is 3.01. The predicted octanol–water partition coefficient (Wildman–Crippen LogP) is 10.3. The first-order valence-corrected chi connectivity index (χ1v) is 14.5. The van der Waals surface area contributed by atoms with E-state index in [1.165, 1.54) is 48.7 Å². The SMILES string of the molecule is C=C(/C=C\CC)C1=CC=N1.N/C(=C\Cc1cc2ccccc2c2ccccc12)c1cc2ccccc2c2ccccc12. The van der Waals surface area contributed by atoms with Crippen LogP contribution in [0.3, 0.4) is 0 Å². The second kappa shape index (κ2) is 12.1. The van der Waals surface area contributed by atoms with E-state index >= 15 is 0 Å². The predicted molar refractivity (Wildman–Crippen MR) is 184 cm³/mol. The number of allylic oxidation sites excluding steroid dienone is 4. The van der Waals surface area contributed by atoms with Crippen molar-refractivity contribution in [3.63, 3.8) is 0 Å². The van der Waals surface area contributed by atoms with Crippen molar-refractivity contribution >= 4 is 55.0 Å². The molecule has 0 bridgehead atoms. The van der Waals surface area contributed by atoms with Gasteiger partial charge >= 0.3 is 0 Å². The van der Waals surface area contributed by atoms with Gasteiger partial charge in [0.15, 0.2) is 0 Å². The second-order valence-corrected chi connectivity index (χ2v) is 10.5. The monoisotopic (exact) mass is 542 g/mol. The molecular formula is C40H34N2. The van der Waals surface area contributed by atoms with Crippen molar-refractivity contribution in [1.29, 1.82) is 0 Å². The lowest BCUT2D eigenvalue weighted by Crippen LogP contribution is -1.99. The number of rotatable bonds is 6. The molecule has 6 aromatic carbocycles. The summed E-state index contributed by atoms with van der Waals surface area (Å²) < 4.78 is 0. The van der Waals surface area contributed by atoms with Crippen molar-refractivity contribution < 1.29 is 0 Å². The minimum Gasteiger partial charge on any atom is -0.398 e. The number of hydrogen-bond acceptors (Lipinski definition) is 2. The molecule has 0 saturated heterocycles. The van der Waals surface area contributed by atoms with E-state index in [9.17, 15) is 0 Å². The molecule has 0 saturated carbocycles. The molecule has 0 aliphatic carbocycles. The third-order valence-electron chi connectivity index (χ3n) is 7.80. The summed E-state index contributed by atoms with van der Waals surface area (Å²) in [6.45, 7) is 5.94. The minimum absolute atomic E-state index is 0.790. The zero-order valence-corrected chi connectivity index (χ0v) is 23.9. The Labute approximate surface area is 247 Å². The molecule has 0 spiro atoms. The van der Waals surface area contributed by atoms with Gasteiger partial charge in [0.2, 0.25) is 0 Å². The van der Waals surface area contributed by atoms with Crippen LogP contribution in [-0.4, -0.2) is 6.21 Å². The van der Waals surface area contributed by atoms with Gasteiger partial charge in [0.25, 0.3) is 0 Å². The highest BCUT2D eigenvalue weighted by atomic mass is 14.8. The van der Waals surface area contributed by atoms with Crippen LogP contribution in [0.2, 0.25) is 0 Å². The summed E-state index contributed by atoms with van der Waals surface area (Å²) in [6.07, 6.45) is 11.8. The van der Waals surface area contributed by atoms with Crippen molar-refractivity contribution in [2.75, 3.05) is 0 Å². The van der Waals surface area contributed by atoms with E-state index in [4.69, 9.17) is 5.73 Å². The Balaban J connectivity index is 0.000000269. The molecule has 2 heteroatoms. The number of aliphatic imine (C=N–C) groups is 1. The van der Waals surface area contributed by atoms with Gasteiger partial charge in [-0.1, -0.05) is 135 Å². The van der Waals surface area contributed by atoms with E-state index in [1.807, 2.05) is 12.2 Å². The molecule has 1 aliphatic heterocycles. The Hall–Kier alpha value is -5.21. The normalized spacial score (nSPS) is 12.9. The summed E-state index contributed by atoms with van der Waals surface area (Å²) in [6, 6.07) is 38.9. The molecule has 42 heavy (non-hydrogen) atoms. The second-order valence-electron chi connectivity index (χ2n) is 10.5. The zero-order chi connectivity index (χ0) is 28.9. The lowest BCUT2D eigenvalue weighted by Gasteiger charge is -2.12. The fourth-order valence-corrected chi connectivity index (χ4v) is 5.61. The Bertz CT molecular complexity index is 2070. The maximum atomic E-state index is 6.72. The number of nitrogens with two attached hydrogens (primary N) is 1. The van der Waals surface area contributed by atoms with Crippen LogP contribution < -0.4 is 5.73 Å². The molecular weight excluding hydrogens is 508 g/mol. The number of hydrogen-bond donors (Lipinski definition) is 1. The van der Waals surface area contributed by atoms with Gasteiger partial charge in [0.05, 0.1) is 5.70 Å². The molecule has 2 N–H and O–H groups in total. The van der Waals surface area contributed by atoms with Crippen LogP contribution in [0.1, 0.15) is 24.5 Å². The van der Waals surface area contributed by atoms with E-state index < -0.39 is 0 Å². The van der Waals surface area contributed by atoms with Crippen molar-refractivity contribution in [1.82, 2.24) is 0 Å². The summed E-state index contributed by atoms with van der Waals surface area (Å²) in [5.41, 5.74) is 11.9. The summed E-state index contributed by atoms with van der Waals surface area (Å²) in [4.78, 5) is 4.01. The van der Waals surface area contributed by atoms with Crippen LogP contribution in [0, 0.1) is 0 Å². The van der Waals surface area contributed by atoms with Crippen LogP contribution in [0.4, 0.5) is 0 Å². The number of fused-ring (bicyclic) bond motifs is 6. The van der Waals surface area contributed by atoms with Gasteiger partial charge in [-0.2, -0.15) is 0 Å². The Morgan fingerprint density at radius 3 is 1.83 bits per heavy atom. The van der Waals surface area contributed by atoms with E-state index in [0.717, 1.165) is 35.4 Å². The molecule has 7 rings (SSSR count). The Morgan fingerprint density at radius 2 is 1.24 bits per heavy atom. The number of benzene rings is 6. The molecule has 0 unspecified atom stereocenters.